The van der Waals surface area contributed by atoms with Crippen molar-refractivity contribution in [2.45, 2.75) is 46.6 Å². The molecule has 0 atom stereocenters. The number of carbonyl (C=O) groups is 3. The highest BCUT2D eigenvalue weighted by Gasteiger charge is 2.27. The molecule has 0 fully saturated rings. The van der Waals surface area contributed by atoms with Crippen molar-refractivity contribution < 1.29 is 19.1 Å². The average molecular weight is 417 g/mol. The van der Waals surface area contributed by atoms with Crippen LogP contribution in [0, 0.1) is 5.41 Å². The highest BCUT2D eigenvalue weighted by atomic mass is 35.5. The van der Waals surface area contributed by atoms with Crippen LogP contribution in [0.5, 0.6) is 0 Å². The molecule has 0 aromatic heterocycles. The first-order valence-electron chi connectivity index (χ1n) is 8.49. The second-order valence-electron chi connectivity index (χ2n) is 8.14. The first-order chi connectivity index (χ1) is 12.3. The Kier molecular flexibility index (Phi) is 8.11. The Morgan fingerprint density at radius 3 is 2.22 bits per heavy atom. The fraction of sp³-hybridized carbons (Fsp3) is 0.526. The van der Waals surface area contributed by atoms with Crippen LogP contribution in [0.4, 0.5) is 0 Å². The van der Waals surface area contributed by atoms with E-state index in [0.29, 0.717) is 5.02 Å². The van der Waals surface area contributed by atoms with Crippen LogP contribution in [-0.2, 0) is 14.3 Å². The maximum atomic E-state index is 12.0. The van der Waals surface area contributed by atoms with E-state index in [9.17, 15) is 14.4 Å². The molecule has 8 heteroatoms. The Labute approximate surface area is 169 Å². The van der Waals surface area contributed by atoms with E-state index in [2.05, 4.69) is 31.4 Å². The summed E-state index contributed by atoms with van der Waals surface area (Å²) in [5.41, 5.74) is -0.120. The molecule has 0 radical (unpaired) electrons. The van der Waals surface area contributed by atoms with Crippen LogP contribution in [0.1, 0.15) is 51.4 Å². The normalized spacial score (nSPS) is 11.7. The molecule has 1 rings (SSSR count). The zero-order valence-electron chi connectivity index (χ0n) is 16.2. The van der Waals surface area contributed by atoms with E-state index in [0.717, 1.165) is 6.42 Å². The van der Waals surface area contributed by atoms with E-state index in [1.165, 1.54) is 18.2 Å². The Morgan fingerprint density at radius 2 is 1.67 bits per heavy atom. The van der Waals surface area contributed by atoms with Gasteiger partial charge >= 0.3 is 5.97 Å². The highest BCUT2D eigenvalue weighted by Crippen LogP contribution is 2.26. The number of carbonyl (C=O) groups excluding carboxylic acids is 3. The summed E-state index contributed by atoms with van der Waals surface area (Å²) in [5.74, 6) is -1.61. The fourth-order valence-electron chi connectivity index (χ4n) is 2.87. The standard InChI is InChI=1S/C19H26Cl2N2O4/c1-18(2,3)11-19(4,5)23-15(24)10-27-16(25)9-22-17(26)12-6-7-13(20)14(21)8-12/h6-8H,9-11H2,1-5H3,(H,22,26)(H,23,24). The molecule has 27 heavy (non-hydrogen) atoms. The predicted molar refractivity (Wildman–Crippen MR) is 106 cm³/mol. The van der Waals surface area contributed by atoms with E-state index in [1.807, 2.05) is 13.8 Å². The van der Waals surface area contributed by atoms with E-state index in [-0.39, 0.29) is 22.5 Å². The molecule has 2 N–H and O–H groups in total. The summed E-state index contributed by atoms with van der Waals surface area (Å²) in [4.78, 5) is 35.7. The molecule has 1 aromatic rings. The maximum absolute atomic E-state index is 12.0. The lowest BCUT2D eigenvalue weighted by Crippen LogP contribution is -2.47. The highest BCUT2D eigenvalue weighted by molar-refractivity contribution is 6.42. The smallest absolute Gasteiger partial charge is 0.325 e. The van der Waals surface area contributed by atoms with E-state index in [4.69, 9.17) is 27.9 Å². The molecule has 0 saturated carbocycles. The van der Waals surface area contributed by atoms with Crippen molar-refractivity contribution in [2.24, 2.45) is 5.41 Å². The van der Waals surface area contributed by atoms with Crippen LogP contribution in [0.2, 0.25) is 10.0 Å². The second-order valence-corrected chi connectivity index (χ2v) is 8.96. The minimum absolute atomic E-state index is 0.0439. The van der Waals surface area contributed by atoms with Gasteiger partial charge in [0.15, 0.2) is 6.61 Å². The molecule has 0 spiro atoms. The summed E-state index contributed by atoms with van der Waals surface area (Å²) < 4.78 is 4.90. The van der Waals surface area contributed by atoms with Gasteiger partial charge in [-0.2, -0.15) is 0 Å². The SMILES string of the molecule is CC(C)(C)CC(C)(C)NC(=O)COC(=O)CNC(=O)c1ccc(Cl)c(Cl)c1. The minimum atomic E-state index is -0.716. The van der Waals surface area contributed by atoms with Gasteiger partial charge < -0.3 is 15.4 Å². The van der Waals surface area contributed by atoms with Gasteiger partial charge in [-0.15, -0.1) is 0 Å². The van der Waals surface area contributed by atoms with Gasteiger partial charge in [-0.25, -0.2) is 0 Å². The molecular formula is C19H26Cl2N2O4. The van der Waals surface area contributed by atoms with Gasteiger partial charge in [0.05, 0.1) is 10.0 Å². The van der Waals surface area contributed by atoms with Crippen molar-refractivity contribution >= 4 is 41.0 Å². The molecule has 1 aromatic carbocycles. The average Bonchev–Trinajstić information content (AvgIpc) is 2.50. The molecule has 0 aliphatic carbocycles. The first kappa shape index (κ1) is 23.2. The van der Waals surface area contributed by atoms with Gasteiger partial charge in [0.2, 0.25) is 0 Å². The lowest BCUT2D eigenvalue weighted by atomic mass is 9.82. The van der Waals surface area contributed by atoms with Crippen molar-refractivity contribution in [2.75, 3.05) is 13.2 Å². The number of benzene rings is 1. The van der Waals surface area contributed by atoms with Gasteiger partial charge in [0.25, 0.3) is 11.8 Å². The molecule has 0 bridgehead atoms. The van der Waals surface area contributed by atoms with E-state index in [1.54, 1.807) is 0 Å². The van der Waals surface area contributed by atoms with Crippen molar-refractivity contribution in [3.05, 3.63) is 33.8 Å². The third-order valence-electron chi connectivity index (χ3n) is 3.39. The van der Waals surface area contributed by atoms with Crippen LogP contribution in [-0.4, -0.2) is 36.5 Å². The molecule has 6 nitrogen and oxygen atoms in total. The number of amides is 2. The zero-order valence-corrected chi connectivity index (χ0v) is 17.8. The lowest BCUT2D eigenvalue weighted by Gasteiger charge is -2.33. The molecule has 0 saturated heterocycles. The number of nitrogens with one attached hydrogen (secondary N) is 2. The lowest BCUT2D eigenvalue weighted by molar-refractivity contribution is -0.148. The Morgan fingerprint density at radius 1 is 1.04 bits per heavy atom. The molecule has 0 aliphatic rings. The van der Waals surface area contributed by atoms with Crippen LogP contribution in [0.3, 0.4) is 0 Å². The van der Waals surface area contributed by atoms with Crippen molar-refractivity contribution in [1.29, 1.82) is 0 Å². The Bertz CT molecular complexity index is 712. The summed E-state index contributed by atoms with van der Waals surface area (Å²) in [6.45, 7) is 9.30. The molecule has 0 heterocycles. The number of halogens is 2. The van der Waals surface area contributed by atoms with E-state index < -0.39 is 29.9 Å². The number of rotatable bonds is 7. The zero-order chi connectivity index (χ0) is 20.8. The largest absolute Gasteiger partial charge is 0.454 e. The monoisotopic (exact) mass is 416 g/mol. The quantitative estimate of drug-likeness (QED) is 0.664. The third-order valence-corrected chi connectivity index (χ3v) is 4.13. The Balaban J connectivity index is 2.41. The van der Waals surface area contributed by atoms with Crippen molar-refractivity contribution in [1.82, 2.24) is 10.6 Å². The number of hydrogen-bond donors (Lipinski definition) is 2. The van der Waals surface area contributed by atoms with Crippen molar-refractivity contribution in [3.63, 3.8) is 0 Å². The van der Waals surface area contributed by atoms with Crippen LogP contribution in [0.15, 0.2) is 18.2 Å². The summed E-state index contributed by atoms with van der Waals surface area (Å²) in [7, 11) is 0. The fourth-order valence-corrected chi connectivity index (χ4v) is 3.17. The van der Waals surface area contributed by atoms with Crippen molar-refractivity contribution in [3.8, 4) is 0 Å². The number of ether oxygens (including phenoxy) is 1. The molecule has 0 unspecified atom stereocenters. The summed E-state index contributed by atoms with van der Waals surface area (Å²) in [6, 6.07) is 4.37. The minimum Gasteiger partial charge on any atom is -0.454 e. The van der Waals surface area contributed by atoms with Gasteiger partial charge in [0.1, 0.15) is 6.54 Å². The number of esters is 1. The first-order valence-corrected chi connectivity index (χ1v) is 9.24. The molecule has 0 aliphatic heterocycles. The van der Waals surface area contributed by atoms with Crippen LogP contribution >= 0.6 is 23.2 Å². The van der Waals surface area contributed by atoms with Gasteiger partial charge in [-0.3, -0.25) is 14.4 Å². The Hall–Kier alpha value is -1.79. The second kappa shape index (κ2) is 9.42. The number of hydrogen-bond acceptors (Lipinski definition) is 4. The summed E-state index contributed by atoms with van der Waals surface area (Å²) in [6.07, 6.45) is 0.763. The molecule has 150 valence electrons. The molecular weight excluding hydrogens is 391 g/mol. The van der Waals surface area contributed by atoms with Gasteiger partial charge in [0, 0.05) is 11.1 Å². The van der Waals surface area contributed by atoms with Gasteiger partial charge in [-0.05, 0) is 43.9 Å². The third kappa shape index (κ3) is 9.11. The van der Waals surface area contributed by atoms with Gasteiger partial charge in [-0.1, -0.05) is 44.0 Å². The van der Waals surface area contributed by atoms with E-state index >= 15 is 0 Å². The summed E-state index contributed by atoms with van der Waals surface area (Å²) >= 11 is 11.6. The topological polar surface area (TPSA) is 84.5 Å². The maximum Gasteiger partial charge on any atom is 0.325 e. The molecule has 2 amide bonds. The predicted octanol–water partition coefficient (Wildman–Crippen LogP) is 3.60. The van der Waals surface area contributed by atoms with Crippen LogP contribution < -0.4 is 10.6 Å². The summed E-state index contributed by atoms with van der Waals surface area (Å²) in [5, 5.41) is 5.81. The van der Waals surface area contributed by atoms with Crippen LogP contribution in [0.25, 0.3) is 0 Å².